The van der Waals surface area contributed by atoms with E-state index in [-0.39, 0.29) is 66.9 Å². The van der Waals surface area contributed by atoms with Gasteiger partial charge in [0.2, 0.25) is 11.8 Å². The first-order chi connectivity index (χ1) is 31.8. The average Bonchev–Trinajstić information content (AvgIpc) is 3.99. The predicted octanol–water partition coefficient (Wildman–Crippen LogP) is 6.83. The van der Waals surface area contributed by atoms with Crippen LogP contribution in [0.15, 0.2) is 182 Å². The summed E-state index contributed by atoms with van der Waals surface area (Å²) in [7, 11) is 1.40. The molecule has 0 aliphatic carbocycles. The van der Waals surface area contributed by atoms with Crippen LogP contribution in [0.1, 0.15) is 65.5 Å². The second-order valence-corrected chi connectivity index (χ2v) is 18.6. The van der Waals surface area contributed by atoms with E-state index in [1.807, 2.05) is 169 Å². The first kappa shape index (κ1) is 57.7. The van der Waals surface area contributed by atoms with Gasteiger partial charge in [-0.15, -0.1) is 0 Å². The number of thioether (sulfide) groups is 2. The van der Waals surface area contributed by atoms with E-state index < -0.39 is 29.9 Å². The molecule has 2 amide bonds. The first-order valence-corrected chi connectivity index (χ1v) is 24.5. The molecular weight excluding hydrogens is 900 g/mol. The molecule has 10 nitrogen and oxygen atoms in total. The number of hydrogen-bond donors (Lipinski definition) is 1. The molecule has 0 unspecified atom stereocenters. The first-order valence-electron chi connectivity index (χ1n) is 22.1. The molecule has 0 spiro atoms. The quantitative estimate of drug-likeness (QED) is 0.0809. The summed E-state index contributed by atoms with van der Waals surface area (Å²) in [5, 5.41) is 9.88. The Hall–Kier alpha value is -5.58. The number of likely N-dealkylation sites (tertiary alicyclic amines) is 2. The zero-order valence-electron chi connectivity index (χ0n) is 38.6. The summed E-state index contributed by atoms with van der Waals surface area (Å²) in [6.07, 6.45) is 1.13. The largest absolute Gasteiger partial charge is 1.00 e. The number of benzene rings is 6. The Morgan fingerprint density at radius 2 is 0.826 bits per heavy atom. The van der Waals surface area contributed by atoms with Gasteiger partial charge in [0.15, 0.2) is 0 Å². The summed E-state index contributed by atoms with van der Waals surface area (Å²) in [6.45, 7) is 1.05. The van der Waals surface area contributed by atoms with Gasteiger partial charge in [0, 0.05) is 24.6 Å². The predicted molar refractivity (Wildman–Crippen MR) is 274 cm³/mol. The summed E-state index contributed by atoms with van der Waals surface area (Å²) in [5.41, 5.74) is 6.17. The molecule has 8 rings (SSSR count). The van der Waals surface area contributed by atoms with E-state index in [1.54, 1.807) is 21.6 Å². The van der Waals surface area contributed by atoms with Crippen LogP contribution in [0.3, 0.4) is 0 Å². The van der Waals surface area contributed by atoms with Crippen LogP contribution in [0.5, 0.6) is 0 Å². The summed E-state index contributed by atoms with van der Waals surface area (Å²) in [4.78, 5) is 55.7. The van der Waals surface area contributed by atoms with Gasteiger partial charge in [0.1, 0.15) is 12.1 Å². The van der Waals surface area contributed by atoms with Gasteiger partial charge in [-0.05, 0) is 69.6 Å². The number of carbonyl (C=O) groups excluding carboxylic acids is 3. The fourth-order valence-corrected chi connectivity index (χ4v) is 11.1. The monoisotopic (exact) mass is 962 g/mol. The van der Waals surface area contributed by atoms with E-state index in [2.05, 4.69) is 24.3 Å². The van der Waals surface area contributed by atoms with Gasteiger partial charge in [-0.2, -0.15) is 23.5 Å². The van der Waals surface area contributed by atoms with Crippen molar-refractivity contribution >= 4 is 47.3 Å². The van der Waals surface area contributed by atoms with Crippen LogP contribution in [-0.4, -0.2) is 93.4 Å². The molecule has 0 bridgehead atoms. The third-order valence-electron chi connectivity index (χ3n) is 12.1. The van der Waals surface area contributed by atoms with Crippen molar-refractivity contribution in [1.29, 1.82) is 0 Å². The van der Waals surface area contributed by atoms with Crippen molar-refractivity contribution < 1.29 is 58.8 Å². The van der Waals surface area contributed by atoms with E-state index in [4.69, 9.17) is 4.74 Å². The summed E-state index contributed by atoms with van der Waals surface area (Å²) in [6, 6.07) is 58.2. The Labute approximate surface area is 428 Å². The summed E-state index contributed by atoms with van der Waals surface area (Å²) >= 11 is 3.65. The van der Waals surface area contributed by atoms with Gasteiger partial charge in [0.25, 0.3) is 0 Å². The molecule has 2 aliphatic heterocycles. The number of amides is 2. The molecule has 2 fully saturated rings. The maximum Gasteiger partial charge on any atom is 1.00 e. The Morgan fingerprint density at radius 1 is 0.536 bits per heavy atom. The van der Waals surface area contributed by atoms with Crippen LogP contribution in [0.25, 0.3) is 0 Å². The van der Waals surface area contributed by atoms with Gasteiger partial charge >= 0.3 is 30.8 Å². The SMILES string of the molecule is C.COC(=O)[C@@H]1C[C@H](CSCc2ccccc2)CN1C(=O)C(c1ccccc1)c1ccccc1.O.O=C(O)[C@@H]1C[C@H](CSCc2ccccc2)CN1C(=O)C(c1ccccc1)c1ccccc1.[Li+].[OH-]. The number of carboxylic acid groups (broad SMARTS) is 1. The van der Waals surface area contributed by atoms with Crippen molar-refractivity contribution in [2.45, 2.75) is 55.7 Å². The molecule has 2 heterocycles. The minimum Gasteiger partial charge on any atom is -0.870 e. The maximum atomic E-state index is 13.9. The van der Waals surface area contributed by atoms with Gasteiger partial charge in [-0.3, -0.25) is 9.59 Å². The van der Waals surface area contributed by atoms with Crippen molar-refractivity contribution in [2.75, 3.05) is 31.7 Å². The van der Waals surface area contributed by atoms with E-state index in [9.17, 15) is 24.3 Å². The molecule has 6 aromatic carbocycles. The summed E-state index contributed by atoms with van der Waals surface area (Å²) in [5.74, 6) is 1.57. The molecule has 0 aromatic heterocycles. The standard InChI is InChI=1S/C28H29NO3S.C27H27NO3S.CH4.Li.2H2O/c1-32-28(31)25-17-22(20-33-19-21-11-5-2-6-12-21)18-29(25)27(30)26(23-13-7-3-8-14-23)24-15-9-4-10-16-24;29-26(25(22-12-6-2-7-13-22)23-14-8-3-9-15-23)28-17-21(16-24(28)27(30)31)19-32-18-20-10-4-1-5-11-20;;;;/h2-16,22,25-26H,17-20H2,1H3;1-15,21,24-25H,16-19H2,(H,30,31);1H4;;2*1H2/q;;;+1;;/p-1/t22-,25-;21-,24-;;;;/m00..../s1. The van der Waals surface area contributed by atoms with E-state index in [0.29, 0.717) is 25.9 Å². The van der Waals surface area contributed by atoms with Crippen molar-refractivity contribution in [3.63, 3.8) is 0 Å². The van der Waals surface area contributed by atoms with Crippen molar-refractivity contribution in [3.05, 3.63) is 215 Å². The van der Waals surface area contributed by atoms with Gasteiger partial charge in [0.05, 0.1) is 18.9 Å². The molecule has 0 saturated carbocycles. The smallest absolute Gasteiger partial charge is 0.870 e. The van der Waals surface area contributed by atoms with Crippen molar-refractivity contribution in [2.24, 2.45) is 11.8 Å². The zero-order valence-corrected chi connectivity index (χ0v) is 40.2. The van der Waals surface area contributed by atoms with Crippen LogP contribution in [-0.2, 0) is 35.4 Å². The minimum absolute atomic E-state index is 0. The van der Waals surface area contributed by atoms with Crippen LogP contribution < -0.4 is 18.9 Å². The van der Waals surface area contributed by atoms with Gasteiger partial charge in [-0.1, -0.05) is 189 Å². The maximum absolute atomic E-state index is 13.9. The van der Waals surface area contributed by atoms with Gasteiger partial charge < -0.3 is 30.6 Å². The molecule has 4 atom stereocenters. The topological polar surface area (TPSA) is 166 Å². The second-order valence-electron chi connectivity index (χ2n) is 16.6. The fraction of sp³-hybridized carbons (Fsp3) is 0.286. The Balaban J connectivity index is 0.000000345. The number of aliphatic carboxylic acids is 1. The Morgan fingerprint density at radius 3 is 1.13 bits per heavy atom. The normalized spacial score (nSPS) is 16.9. The number of nitrogens with zero attached hydrogens (tertiary/aromatic N) is 2. The third-order valence-corrected chi connectivity index (χ3v) is 14.5. The number of esters is 1. The minimum atomic E-state index is -0.922. The van der Waals surface area contributed by atoms with Crippen LogP contribution in [0, 0.1) is 11.8 Å². The average molecular weight is 963 g/mol. The van der Waals surface area contributed by atoms with Crippen LogP contribution in [0.4, 0.5) is 0 Å². The number of carbonyl (C=O) groups is 4. The number of carboxylic acids is 1. The molecule has 69 heavy (non-hydrogen) atoms. The third kappa shape index (κ3) is 15.7. The molecule has 4 N–H and O–H groups in total. The van der Waals surface area contributed by atoms with Crippen LogP contribution >= 0.6 is 23.5 Å². The molecule has 13 heteroatoms. The molecular formula is C56H63LiN2O8S2. The molecule has 6 aromatic rings. The number of ether oxygens (including phenoxy) is 1. The molecule has 2 aliphatic rings. The molecule has 0 radical (unpaired) electrons. The molecule has 358 valence electrons. The van der Waals surface area contributed by atoms with Gasteiger partial charge in [-0.25, -0.2) is 9.59 Å². The summed E-state index contributed by atoms with van der Waals surface area (Å²) < 4.78 is 5.09. The second kappa shape index (κ2) is 29.4. The molecule has 2 saturated heterocycles. The van der Waals surface area contributed by atoms with E-state index >= 15 is 0 Å². The van der Waals surface area contributed by atoms with Crippen molar-refractivity contribution in [1.82, 2.24) is 9.80 Å². The van der Waals surface area contributed by atoms with Crippen LogP contribution in [0.2, 0.25) is 0 Å². The number of rotatable bonds is 16. The fourth-order valence-electron chi connectivity index (χ4n) is 8.87. The Kier molecular flexibility index (Phi) is 24.6. The number of hydrogen-bond acceptors (Lipinski definition) is 8. The van der Waals surface area contributed by atoms with E-state index in [1.165, 1.54) is 18.2 Å². The zero-order chi connectivity index (χ0) is 45.4. The number of methoxy groups -OCH3 is 1. The Bertz CT molecular complexity index is 2350. The van der Waals surface area contributed by atoms with Crippen molar-refractivity contribution in [3.8, 4) is 0 Å². The van der Waals surface area contributed by atoms with E-state index in [0.717, 1.165) is 45.3 Å².